The van der Waals surface area contributed by atoms with Crippen molar-refractivity contribution in [1.82, 2.24) is 25.3 Å². The van der Waals surface area contributed by atoms with Crippen LogP contribution in [0.25, 0.3) is 17.3 Å². The molecule has 0 unspecified atom stereocenters. The van der Waals surface area contributed by atoms with Gasteiger partial charge in [0, 0.05) is 23.9 Å². The fraction of sp³-hybridized carbons (Fsp3) is 0.478. The molecule has 0 spiro atoms. The number of aromatic nitrogens is 4. The number of benzene rings is 1. The highest BCUT2D eigenvalue weighted by atomic mass is 16.4. The zero-order valence-corrected chi connectivity index (χ0v) is 18.1. The lowest BCUT2D eigenvalue weighted by Crippen LogP contribution is -2.36. The van der Waals surface area contributed by atoms with Gasteiger partial charge in [-0.2, -0.15) is 5.10 Å². The van der Waals surface area contributed by atoms with Crippen molar-refractivity contribution in [2.75, 3.05) is 0 Å². The second-order valence-corrected chi connectivity index (χ2v) is 9.06. The van der Waals surface area contributed by atoms with E-state index in [0.717, 1.165) is 24.2 Å². The van der Waals surface area contributed by atoms with Crippen LogP contribution in [0, 0.1) is 6.92 Å². The first-order valence-electron chi connectivity index (χ1n) is 10.6. The van der Waals surface area contributed by atoms with Gasteiger partial charge in [-0.15, -0.1) is 10.2 Å². The van der Waals surface area contributed by atoms with Gasteiger partial charge in [-0.05, 0) is 43.2 Å². The highest BCUT2D eigenvalue weighted by Gasteiger charge is 2.24. The van der Waals surface area contributed by atoms with Gasteiger partial charge in [0.25, 0.3) is 11.8 Å². The molecule has 0 bridgehead atoms. The van der Waals surface area contributed by atoms with E-state index in [1.165, 1.54) is 19.3 Å². The lowest BCUT2D eigenvalue weighted by Gasteiger charge is -2.23. The SMILES string of the molecule is Cc1nnc(-c2cc(C(C)(C)C)n(-c3ccc(C(=O)NC4CCCCC4)cc3)n2)o1. The monoisotopic (exact) mass is 407 g/mol. The van der Waals surface area contributed by atoms with E-state index in [0.29, 0.717) is 29.1 Å². The number of amides is 1. The minimum absolute atomic E-state index is 0.00742. The third-order valence-corrected chi connectivity index (χ3v) is 5.54. The molecule has 2 heterocycles. The molecule has 158 valence electrons. The van der Waals surface area contributed by atoms with Crippen LogP contribution in [0.2, 0.25) is 0 Å². The van der Waals surface area contributed by atoms with Crippen LogP contribution in [0.3, 0.4) is 0 Å². The minimum atomic E-state index is -0.142. The number of nitrogens with one attached hydrogen (secondary N) is 1. The molecule has 1 aliphatic rings. The van der Waals surface area contributed by atoms with Crippen molar-refractivity contribution in [3.63, 3.8) is 0 Å². The lowest BCUT2D eigenvalue weighted by molar-refractivity contribution is 0.0927. The number of nitrogens with zero attached hydrogens (tertiary/aromatic N) is 4. The Morgan fingerprint density at radius 1 is 1.10 bits per heavy atom. The van der Waals surface area contributed by atoms with E-state index < -0.39 is 0 Å². The summed E-state index contributed by atoms with van der Waals surface area (Å²) in [6.45, 7) is 8.16. The second kappa shape index (κ2) is 8.05. The van der Waals surface area contributed by atoms with E-state index in [2.05, 4.69) is 36.3 Å². The van der Waals surface area contributed by atoms with Crippen molar-refractivity contribution in [3.8, 4) is 17.3 Å². The Bertz CT molecular complexity index is 1020. The van der Waals surface area contributed by atoms with Gasteiger partial charge >= 0.3 is 0 Å². The van der Waals surface area contributed by atoms with Crippen LogP contribution < -0.4 is 5.32 Å². The smallest absolute Gasteiger partial charge is 0.268 e. The van der Waals surface area contributed by atoms with Crippen molar-refractivity contribution < 1.29 is 9.21 Å². The van der Waals surface area contributed by atoms with Crippen molar-refractivity contribution in [1.29, 1.82) is 0 Å². The number of hydrogen-bond donors (Lipinski definition) is 1. The summed E-state index contributed by atoms with van der Waals surface area (Å²) in [4.78, 5) is 12.6. The summed E-state index contributed by atoms with van der Waals surface area (Å²) >= 11 is 0. The molecule has 7 heteroatoms. The van der Waals surface area contributed by atoms with E-state index in [4.69, 9.17) is 9.52 Å². The summed E-state index contributed by atoms with van der Waals surface area (Å²) in [5, 5.41) is 15.9. The zero-order valence-electron chi connectivity index (χ0n) is 18.1. The maximum atomic E-state index is 12.6. The molecule has 1 amide bonds. The van der Waals surface area contributed by atoms with Crippen LogP contribution in [-0.2, 0) is 5.41 Å². The first-order chi connectivity index (χ1) is 14.3. The summed E-state index contributed by atoms with van der Waals surface area (Å²) in [6, 6.07) is 9.86. The predicted molar refractivity (Wildman–Crippen MR) is 115 cm³/mol. The van der Waals surface area contributed by atoms with Gasteiger partial charge < -0.3 is 9.73 Å². The summed E-state index contributed by atoms with van der Waals surface area (Å²) in [5.41, 5.74) is 3.07. The molecule has 0 aliphatic heterocycles. The van der Waals surface area contributed by atoms with Crippen molar-refractivity contribution in [3.05, 3.63) is 47.5 Å². The average Bonchev–Trinajstić information content (AvgIpc) is 3.35. The van der Waals surface area contributed by atoms with Crippen LogP contribution in [0.1, 0.15) is 74.8 Å². The normalized spacial score (nSPS) is 15.3. The van der Waals surface area contributed by atoms with Gasteiger partial charge in [0.15, 0.2) is 0 Å². The minimum Gasteiger partial charge on any atom is -0.420 e. The van der Waals surface area contributed by atoms with Gasteiger partial charge in [-0.1, -0.05) is 40.0 Å². The number of carbonyl (C=O) groups is 1. The first kappa shape index (κ1) is 20.3. The number of aryl methyl sites for hydroxylation is 1. The van der Waals surface area contributed by atoms with Gasteiger partial charge in [-0.25, -0.2) is 4.68 Å². The van der Waals surface area contributed by atoms with E-state index >= 15 is 0 Å². The van der Waals surface area contributed by atoms with Crippen molar-refractivity contribution in [2.24, 2.45) is 0 Å². The molecule has 4 rings (SSSR count). The van der Waals surface area contributed by atoms with Gasteiger partial charge in [-0.3, -0.25) is 4.79 Å². The highest BCUT2D eigenvalue weighted by molar-refractivity contribution is 5.94. The maximum Gasteiger partial charge on any atom is 0.268 e. The fourth-order valence-electron chi connectivity index (χ4n) is 3.89. The molecule has 7 nitrogen and oxygen atoms in total. The van der Waals surface area contributed by atoms with Gasteiger partial charge in [0.1, 0.15) is 5.69 Å². The molecule has 1 N–H and O–H groups in total. The lowest BCUT2D eigenvalue weighted by atomic mass is 9.91. The van der Waals surface area contributed by atoms with Gasteiger partial charge in [0.2, 0.25) is 5.89 Å². The van der Waals surface area contributed by atoms with E-state index in [-0.39, 0.29) is 11.3 Å². The molecular weight excluding hydrogens is 378 g/mol. The topological polar surface area (TPSA) is 85.8 Å². The average molecular weight is 408 g/mol. The molecule has 0 atom stereocenters. The predicted octanol–water partition coefficient (Wildman–Crippen LogP) is 4.59. The molecule has 1 aromatic carbocycles. The van der Waals surface area contributed by atoms with Gasteiger partial charge in [0.05, 0.1) is 11.4 Å². The molecule has 2 aromatic heterocycles. The molecule has 0 saturated heterocycles. The van der Waals surface area contributed by atoms with Crippen LogP contribution in [0.15, 0.2) is 34.7 Å². The molecule has 1 fully saturated rings. The second-order valence-electron chi connectivity index (χ2n) is 9.06. The summed E-state index contributed by atoms with van der Waals surface area (Å²) < 4.78 is 7.44. The zero-order chi connectivity index (χ0) is 21.3. The van der Waals surface area contributed by atoms with Crippen LogP contribution in [-0.4, -0.2) is 31.9 Å². The Balaban J connectivity index is 1.60. The molecule has 3 aromatic rings. The van der Waals surface area contributed by atoms with Crippen LogP contribution >= 0.6 is 0 Å². The Labute approximate surface area is 176 Å². The third kappa shape index (κ3) is 4.30. The third-order valence-electron chi connectivity index (χ3n) is 5.54. The molecular formula is C23H29N5O2. The maximum absolute atomic E-state index is 12.6. The van der Waals surface area contributed by atoms with E-state index in [1.807, 2.05) is 35.0 Å². The largest absolute Gasteiger partial charge is 0.420 e. The fourth-order valence-corrected chi connectivity index (χ4v) is 3.89. The summed E-state index contributed by atoms with van der Waals surface area (Å²) in [7, 11) is 0. The first-order valence-corrected chi connectivity index (χ1v) is 10.6. The Morgan fingerprint density at radius 2 is 1.80 bits per heavy atom. The summed E-state index contributed by atoms with van der Waals surface area (Å²) in [5.74, 6) is 0.900. The molecule has 1 aliphatic carbocycles. The Hall–Kier alpha value is -2.96. The van der Waals surface area contributed by atoms with Crippen LogP contribution in [0.4, 0.5) is 0 Å². The van der Waals surface area contributed by atoms with Crippen LogP contribution in [0.5, 0.6) is 0 Å². The molecule has 30 heavy (non-hydrogen) atoms. The highest BCUT2D eigenvalue weighted by Crippen LogP contribution is 2.29. The standard InChI is InChI=1S/C23H29N5O2/c1-15-25-26-22(30-15)19-14-20(23(2,3)4)28(27-19)18-12-10-16(11-13-18)21(29)24-17-8-6-5-7-9-17/h10-14,17H,5-9H2,1-4H3,(H,24,29). The van der Waals surface area contributed by atoms with Crippen molar-refractivity contribution in [2.45, 2.75) is 71.3 Å². The number of carbonyl (C=O) groups excluding carboxylic acids is 1. The molecule has 1 saturated carbocycles. The van der Waals surface area contributed by atoms with Crippen molar-refractivity contribution >= 4 is 5.91 Å². The number of rotatable bonds is 4. The Kier molecular flexibility index (Phi) is 5.45. The van der Waals surface area contributed by atoms with E-state index in [9.17, 15) is 4.79 Å². The van der Waals surface area contributed by atoms with E-state index in [1.54, 1.807) is 6.92 Å². The number of hydrogen-bond acceptors (Lipinski definition) is 5. The molecule has 0 radical (unpaired) electrons. The summed E-state index contributed by atoms with van der Waals surface area (Å²) in [6.07, 6.45) is 5.81. The Morgan fingerprint density at radius 3 is 2.40 bits per heavy atom. The quantitative estimate of drug-likeness (QED) is 0.683.